The summed E-state index contributed by atoms with van der Waals surface area (Å²) < 4.78 is 18.2. The average molecular weight is 310 g/mol. The first-order valence-corrected chi connectivity index (χ1v) is 7.18. The number of amides is 1. The van der Waals surface area contributed by atoms with Crippen LogP contribution in [0.5, 0.6) is 5.75 Å². The van der Waals surface area contributed by atoms with Crippen LogP contribution in [0, 0.1) is 5.82 Å². The third kappa shape index (κ3) is 4.70. The number of carboxylic acid groups (broad SMARTS) is 1. The Morgan fingerprint density at radius 1 is 1.45 bits per heavy atom. The van der Waals surface area contributed by atoms with Gasteiger partial charge in [0.1, 0.15) is 24.2 Å². The van der Waals surface area contributed by atoms with Crippen molar-refractivity contribution in [1.82, 2.24) is 10.2 Å². The van der Waals surface area contributed by atoms with Crippen LogP contribution in [-0.4, -0.2) is 54.2 Å². The second-order valence-corrected chi connectivity index (χ2v) is 5.12. The van der Waals surface area contributed by atoms with Gasteiger partial charge in [0.25, 0.3) is 0 Å². The molecule has 7 heteroatoms. The molecular weight excluding hydrogens is 291 g/mol. The van der Waals surface area contributed by atoms with E-state index in [0.29, 0.717) is 18.7 Å². The van der Waals surface area contributed by atoms with E-state index in [-0.39, 0.29) is 31.4 Å². The number of likely N-dealkylation sites (tertiary alicyclic amines) is 1. The van der Waals surface area contributed by atoms with Crippen LogP contribution >= 0.6 is 0 Å². The highest BCUT2D eigenvalue weighted by atomic mass is 19.1. The molecule has 1 fully saturated rings. The van der Waals surface area contributed by atoms with E-state index >= 15 is 0 Å². The van der Waals surface area contributed by atoms with Crippen molar-refractivity contribution >= 4 is 11.9 Å². The van der Waals surface area contributed by atoms with E-state index in [1.54, 1.807) is 17.0 Å². The number of ether oxygens (including phenoxy) is 1. The Balaban J connectivity index is 1.66. The minimum atomic E-state index is -0.889. The summed E-state index contributed by atoms with van der Waals surface area (Å²) in [5.74, 6) is -1.11. The Morgan fingerprint density at radius 2 is 2.27 bits per heavy atom. The highest BCUT2D eigenvalue weighted by molar-refractivity contribution is 5.80. The third-order valence-corrected chi connectivity index (χ3v) is 3.48. The number of aliphatic carboxylic acids is 1. The van der Waals surface area contributed by atoms with Gasteiger partial charge < -0.3 is 15.2 Å². The summed E-state index contributed by atoms with van der Waals surface area (Å²) in [4.78, 5) is 24.4. The molecule has 1 aromatic carbocycles. The first kappa shape index (κ1) is 16.2. The molecule has 1 aliphatic heterocycles. The standard InChI is InChI=1S/C15H19FN2O4/c16-11-3-1-4-12(9-11)22-8-6-17-14(19)10-18-7-2-5-13(18)15(20)21/h1,3-4,9,13H,2,5-8,10H2,(H,17,19)(H,20,21). The molecular formula is C15H19FN2O4. The van der Waals surface area contributed by atoms with Crippen LogP contribution in [0.15, 0.2) is 24.3 Å². The zero-order chi connectivity index (χ0) is 15.9. The fourth-order valence-corrected chi connectivity index (χ4v) is 2.45. The summed E-state index contributed by atoms with van der Waals surface area (Å²) in [6, 6.07) is 5.19. The van der Waals surface area contributed by atoms with Crippen LogP contribution in [0.25, 0.3) is 0 Å². The maximum Gasteiger partial charge on any atom is 0.320 e. The maximum absolute atomic E-state index is 12.9. The molecule has 0 aliphatic carbocycles. The minimum absolute atomic E-state index is 0.0664. The number of carboxylic acids is 1. The lowest BCUT2D eigenvalue weighted by atomic mass is 10.2. The molecule has 1 aliphatic rings. The van der Waals surface area contributed by atoms with Crippen LogP contribution in [0.2, 0.25) is 0 Å². The lowest BCUT2D eigenvalue weighted by molar-refractivity contribution is -0.142. The van der Waals surface area contributed by atoms with Gasteiger partial charge in [-0.2, -0.15) is 0 Å². The number of nitrogens with zero attached hydrogens (tertiary/aromatic N) is 1. The monoisotopic (exact) mass is 310 g/mol. The topological polar surface area (TPSA) is 78.9 Å². The first-order valence-electron chi connectivity index (χ1n) is 7.18. The second-order valence-electron chi connectivity index (χ2n) is 5.12. The van der Waals surface area contributed by atoms with Crippen molar-refractivity contribution in [3.05, 3.63) is 30.1 Å². The molecule has 0 radical (unpaired) electrons. The molecule has 1 amide bonds. The van der Waals surface area contributed by atoms with E-state index in [2.05, 4.69) is 5.32 Å². The van der Waals surface area contributed by atoms with Gasteiger partial charge in [-0.25, -0.2) is 4.39 Å². The Hall–Kier alpha value is -2.15. The largest absolute Gasteiger partial charge is 0.492 e. The summed E-state index contributed by atoms with van der Waals surface area (Å²) >= 11 is 0. The maximum atomic E-state index is 12.9. The smallest absolute Gasteiger partial charge is 0.320 e. The summed E-state index contributed by atoms with van der Waals surface area (Å²) in [5.41, 5.74) is 0. The molecule has 0 saturated carbocycles. The predicted octanol–water partition coefficient (Wildman–Crippen LogP) is 0.870. The van der Waals surface area contributed by atoms with Crippen molar-refractivity contribution in [2.24, 2.45) is 0 Å². The molecule has 120 valence electrons. The van der Waals surface area contributed by atoms with Gasteiger partial charge in [-0.05, 0) is 31.5 Å². The van der Waals surface area contributed by atoms with Gasteiger partial charge >= 0.3 is 5.97 Å². The summed E-state index contributed by atoms with van der Waals surface area (Å²) in [5, 5.41) is 11.7. The molecule has 6 nitrogen and oxygen atoms in total. The van der Waals surface area contributed by atoms with Crippen molar-refractivity contribution in [1.29, 1.82) is 0 Å². The Labute approximate surface area is 127 Å². The number of halogens is 1. The quantitative estimate of drug-likeness (QED) is 0.731. The van der Waals surface area contributed by atoms with E-state index in [1.165, 1.54) is 12.1 Å². The predicted molar refractivity (Wildman–Crippen MR) is 77.1 cm³/mol. The number of carbonyl (C=O) groups excluding carboxylic acids is 1. The Morgan fingerprint density at radius 3 is 3.00 bits per heavy atom. The molecule has 1 heterocycles. The van der Waals surface area contributed by atoms with E-state index in [9.17, 15) is 14.0 Å². The van der Waals surface area contributed by atoms with Gasteiger partial charge in [0.2, 0.25) is 5.91 Å². The first-order chi connectivity index (χ1) is 10.6. The molecule has 1 unspecified atom stereocenters. The fraction of sp³-hybridized carbons (Fsp3) is 0.467. The van der Waals surface area contributed by atoms with Crippen molar-refractivity contribution in [3.63, 3.8) is 0 Å². The summed E-state index contributed by atoms with van der Waals surface area (Å²) in [6.45, 7) is 1.18. The number of carbonyl (C=O) groups is 2. The molecule has 2 rings (SSSR count). The number of rotatable bonds is 7. The van der Waals surface area contributed by atoms with E-state index < -0.39 is 12.0 Å². The van der Waals surface area contributed by atoms with Crippen LogP contribution in [0.1, 0.15) is 12.8 Å². The molecule has 1 saturated heterocycles. The normalized spacial score (nSPS) is 18.1. The van der Waals surface area contributed by atoms with Crippen molar-refractivity contribution in [3.8, 4) is 5.75 Å². The highest BCUT2D eigenvalue weighted by Crippen LogP contribution is 2.16. The number of nitrogens with one attached hydrogen (secondary N) is 1. The van der Waals surface area contributed by atoms with Crippen LogP contribution in [0.3, 0.4) is 0 Å². The Kier molecular flexibility index (Phi) is 5.71. The van der Waals surface area contributed by atoms with E-state index in [4.69, 9.17) is 9.84 Å². The number of hydrogen-bond acceptors (Lipinski definition) is 4. The van der Waals surface area contributed by atoms with Gasteiger partial charge in [-0.15, -0.1) is 0 Å². The van der Waals surface area contributed by atoms with E-state index in [1.807, 2.05) is 0 Å². The number of benzene rings is 1. The van der Waals surface area contributed by atoms with Gasteiger partial charge in [-0.1, -0.05) is 6.07 Å². The highest BCUT2D eigenvalue weighted by Gasteiger charge is 2.31. The summed E-state index contributed by atoms with van der Waals surface area (Å²) in [7, 11) is 0. The van der Waals surface area contributed by atoms with Gasteiger partial charge in [0.15, 0.2) is 0 Å². The van der Waals surface area contributed by atoms with Gasteiger partial charge in [-0.3, -0.25) is 14.5 Å². The molecule has 1 aromatic rings. The minimum Gasteiger partial charge on any atom is -0.492 e. The Bertz CT molecular complexity index is 538. The van der Waals surface area contributed by atoms with E-state index in [0.717, 1.165) is 6.42 Å². The molecule has 2 N–H and O–H groups in total. The van der Waals surface area contributed by atoms with Crippen LogP contribution < -0.4 is 10.1 Å². The van der Waals surface area contributed by atoms with Gasteiger partial charge in [0.05, 0.1) is 13.1 Å². The van der Waals surface area contributed by atoms with Crippen molar-refractivity contribution in [2.45, 2.75) is 18.9 Å². The molecule has 1 atom stereocenters. The van der Waals surface area contributed by atoms with Crippen molar-refractivity contribution < 1.29 is 23.8 Å². The zero-order valence-corrected chi connectivity index (χ0v) is 12.1. The van der Waals surface area contributed by atoms with Crippen LogP contribution in [-0.2, 0) is 9.59 Å². The molecule has 0 aromatic heterocycles. The fourth-order valence-electron chi connectivity index (χ4n) is 2.45. The summed E-state index contributed by atoms with van der Waals surface area (Å²) in [6.07, 6.45) is 1.36. The zero-order valence-electron chi connectivity index (χ0n) is 12.1. The van der Waals surface area contributed by atoms with Gasteiger partial charge in [0, 0.05) is 6.07 Å². The molecule has 22 heavy (non-hydrogen) atoms. The number of hydrogen-bond donors (Lipinski definition) is 2. The lowest BCUT2D eigenvalue weighted by Crippen LogP contribution is -2.43. The third-order valence-electron chi connectivity index (χ3n) is 3.48. The molecule has 0 bridgehead atoms. The van der Waals surface area contributed by atoms with Crippen LogP contribution in [0.4, 0.5) is 4.39 Å². The average Bonchev–Trinajstić information content (AvgIpc) is 2.92. The second kappa shape index (κ2) is 7.74. The van der Waals surface area contributed by atoms with Crippen molar-refractivity contribution in [2.75, 3.05) is 26.2 Å². The molecule has 0 spiro atoms. The lowest BCUT2D eigenvalue weighted by Gasteiger charge is -2.20. The SMILES string of the molecule is O=C(CN1CCCC1C(=O)O)NCCOc1cccc(F)c1.